The number of rotatable bonds is 7. The first-order chi connectivity index (χ1) is 11.6. The van der Waals surface area contributed by atoms with Crippen LogP contribution >= 0.6 is 15.9 Å². The van der Waals surface area contributed by atoms with Gasteiger partial charge in [0.2, 0.25) is 5.78 Å². The third kappa shape index (κ3) is 5.20. The van der Waals surface area contributed by atoms with Crippen molar-refractivity contribution in [3.05, 3.63) is 58.6 Å². The van der Waals surface area contributed by atoms with E-state index in [2.05, 4.69) is 26.5 Å². The molecular weight excluding hydrogens is 376 g/mol. The lowest BCUT2D eigenvalue weighted by Gasteiger charge is -2.09. The Morgan fingerprint density at radius 3 is 2.62 bits per heavy atom. The Balaban J connectivity index is 1.84. The highest BCUT2D eigenvalue weighted by molar-refractivity contribution is 9.10. The number of ether oxygens (including phenoxy) is 2. The summed E-state index contributed by atoms with van der Waals surface area (Å²) in [4.78, 5) is 23.5. The zero-order valence-electron chi connectivity index (χ0n) is 12.9. The summed E-state index contributed by atoms with van der Waals surface area (Å²) in [6.45, 7) is -0.255. The highest BCUT2D eigenvalue weighted by Crippen LogP contribution is 2.29. The lowest BCUT2D eigenvalue weighted by atomic mass is 10.1. The van der Waals surface area contributed by atoms with E-state index in [1.165, 1.54) is 7.11 Å². The molecule has 2 rings (SSSR count). The Hall–Kier alpha value is -2.67. The molecule has 0 bridgehead atoms. The molecule has 6 nitrogen and oxygen atoms in total. The Labute approximate surface area is 147 Å². The summed E-state index contributed by atoms with van der Waals surface area (Å²) in [6.07, 6.45) is 1.05. The Kier molecular flexibility index (Phi) is 6.51. The molecule has 0 spiro atoms. The van der Waals surface area contributed by atoms with Crippen LogP contribution in [0, 0.1) is 0 Å². The third-order valence-electron chi connectivity index (χ3n) is 2.91. The molecule has 0 fully saturated rings. The van der Waals surface area contributed by atoms with Crippen molar-refractivity contribution >= 4 is 33.8 Å². The van der Waals surface area contributed by atoms with Gasteiger partial charge >= 0.3 is 0 Å². The second-order valence-electron chi connectivity index (χ2n) is 4.61. The fourth-order valence-electron chi connectivity index (χ4n) is 1.78. The van der Waals surface area contributed by atoms with Crippen molar-refractivity contribution in [3.8, 4) is 11.5 Å². The number of Topliss-reactive ketones (excluding diaryl/α,β-unsaturated/α-hetero) is 1. The molecule has 7 heteroatoms. The van der Waals surface area contributed by atoms with E-state index in [-0.39, 0.29) is 12.4 Å². The molecule has 0 aliphatic heterocycles. The van der Waals surface area contributed by atoms with E-state index in [9.17, 15) is 9.59 Å². The van der Waals surface area contributed by atoms with Crippen LogP contribution in [-0.4, -0.2) is 31.6 Å². The summed E-state index contributed by atoms with van der Waals surface area (Å²) in [5.41, 5.74) is 2.73. The summed E-state index contributed by atoms with van der Waals surface area (Å²) in [5, 5.41) is 3.62. The van der Waals surface area contributed by atoms with Crippen molar-refractivity contribution in [3.63, 3.8) is 0 Å². The van der Waals surface area contributed by atoms with Gasteiger partial charge in [0.25, 0.3) is 5.91 Å². The van der Waals surface area contributed by atoms with Gasteiger partial charge in [0.05, 0.1) is 13.3 Å². The van der Waals surface area contributed by atoms with E-state index in [1.807, 2.05) is 6.07 Å². The number of methoxy groups -OCH3 is 1. The SMILES string of the molecule is COc1cc(Br)ccc1OCC(=O)N/N=C/C(=O)c1ccccc1. The fraction of sp³-hybridized carbons (Fsp3) is 0.118. The van der Waals surface area contributed by atoms with E-state index in [0.717, 1.165) is 10.7 Å². The first-order valence-corrected chi connectivity index (χ1v) is 7.77. The first kappa shape index (κ1) is 17.7. The second kappa shape index (κ2) is 8.83. The lowest BCUT2D eigenvalue weighted by Crippen LogP contribution is -2.25. The number of carbonyl (C=O) groups is 2. The number of hydrogen-bond acceptors (Lipinski definition) is 5. The maximum absolute atomic E-state index is 11.8. The molecule has 0 atom stereocenters. The minimum Gasteiger partial charge on any atom is -0.493 e. The van der Waals surface area contributed by atoms with Crippen LogP contribution < -0.4 is 14.9 Å². The number of amides is 1. The standard InChI is InChI=1S/C17H15BrN2O4/c1-23-16-9-13(18)7-8-15(16)24-11-17(22)20-19-10-14(21)12-5-3-2-4-6-12/h2-10H,11H2,1H3,(H,20,22)/b19-10+. The molecule has 2 aromatic carbocycles. The quantitative estimate of drug-likeness (QED) is 0.447. The van der Waals surface area contributed by atoms with E-state index in [0.29, 0.717) is 17.1 Å². The van der Waals surface area contributed by atoms with Crippen molar-refractivity contribution in [1.82, 2.24) is 5.43 Å². The summed E-state index contributed by atoms with van der Waals surface area (Å²) in [7, 11) is 1.51. The number of halogens is 1. The minimum absolute atomic E-state index is 0.255. The van der Waals surface area contributed by atoms with Gasteiger partial charge in [0.15, 0.2) is 18.1 Å². The summed E-state index contributed by atoms with van der Waals surface area (Å²) in [5.74, 6) is 0.142. The molecule has 0 saturated carbocycles. The van der Waals surface area contributed by atoms with Crippen molar-refractivity contribution in [2.75, 3.05) is 13.7 Å². The van der Waals surface area contributed by atoms with Gasteiger partial charge in [-0.1, -0.05) is 46.3 Å². The van der Waals surface area contributed by atoms with Gasteiger partial charge in [-0.15, -0.1) is 0 Å². The molecule has 0 aliphatic carbocycles. The van der Waals surface area contributed by atoms with Crippen LogP contribution in [0.3, 0.4) is 0 Å². The third-order valence-corrected chi connectivity index (χ3v) is 3.41. The molecule has 0 aliphatic rings. The molecule has 0 heterocycles. The monoisotopic (exact) mass is 390 g/mol. The fourth-order valence-corrected chi connectivity index (χ4v) is 2.12. The van der Waals surface area contributed by atoms with Crippen LogP contribution in [-0.2, 0) is 4.79 Å². The maximum Gasteiger partial charge on any atom is 0.277 e. The first-order valence-electron chi connectivity index (χ1n) is 6.98. The molecule has 2 aromatic rings. The zero-order valence-corrected chi connectivity index (χ0v) is 14.4. The van der Waals surface area contributed by atoms with Gasteiger partial charge in [-0.25, -0.2) is 5.43 Å². The number of carbonyl (C=O) groups excluding carboxylic acids is 2. The van der Waals surface area contributed by atoms with Gasteiger partial charge in [-0.3, -0.25) is 9.59 Å². The summed E-state index contributed by atoms with van der Waals surface area (Å²) < 4.78 is 11.4. The molecule has 1 amide bonds. The van der Waals surface area contributed by atoms with E-state index >= 15 is 0 Å². The molecular formula is C17H15BrN2O4. The van der Waals surface area contributed by atoms with Crippen LogP contribution in [0.5, 0.6) is 11.5 Å². The topological polar surface area (TPSA) is 77.0 Å². The predicted molar refractivity (Wildman–Crippen MR) is 93.6 cm³/mol. The Morgan fingerprint density at radius 1 is 1.17 bits per heavy atom. The average molecular weight is 391 g/mol. The Bertz CT molecular complexity index is 748. The van der Waals surface area contributed by atoms with E-state index < -0.39 is 5.91 Å². The number of hydrogen-bond donors (Lipinski definition) is 1. The van der Waals surface area contributed by atoms with Gasteiger partial charge < -0.3 is 9.47 Å². The molecule has 124 valence electrons. The highest BCUT2D eigenvalue weighted by Gasteiger charge is 2.08. The van der Waals surface area contributed by atoms with Gasteiger partial charge in [-0.05, 0) is 18.2 Å². The van der Waals surface area contributed by atoms with Crippen molar-refractivity contribution in [2.24, 2.45) is 5.10 Å². The van der Waals surface area contributed by atoms with Crippen LogP contribution in [0.15, 0.2) is 58.1 Å². The van der Waals surface area contributed by atoms with Crippen LogP contribution in [0.2, 0.25) is 0 Å². The van der Waals surface area contributed by atoms with E-state index in [4.69, 9.17) is 9.47 Å². The predicted octanol–water partition coefficient (Wildman–Crippen LogP) is 2.82. The second-order valence-corrected chi connectivity index (χ2v) is 5.52. The van der Waals surface area contributed by atoms with Crippen molar-refractivity contribution < 1.29 is 19.1 Å². The highest BCUT2D eigenvalue weighted by atomic mass is 79.9. The molecule has 1 N–H and O–H groups in total. The number of benzene rings is 2. The molecule has 0 aromatic heterocycles. The largest absolute Gasteiger partial charge is 0.493 e. The lowest BCUT2D eigenvalue weighted by molar-refractivity contribution is -0.123. The number of ketones is 1. The Morgan fingerprint density at radius 2 is 1.92 bits per heavy atom. The van der Waals surface area contributed by atoms with Gasteiger partial charge in [0.1, 0.15) is 0 Å². The maximum atomic E-state index is 11.8. The molecule has 0 unspecified atom stereocenters. The zero-order chi connectivity index (χ0) is 17.4. The van der Waals surface area contributed by atoms with Gasteiger partial charge in [-0.2, -0.15) is 5.10 Å². The molecule has 24 heavy (non-hydrogen) atoms. The molecule has 0 radical (unpaired) electrons. The minimum atomic E-state index is -0.489. The van der Waals surface area contributed by atoms with Crippen molar-refractivity contribution in [2.45, 2.75) is 0 Å². The van der Waals surface area contributed by atoms with Crippen LogP contribution in [0.1, 0.15) is 10.4 Å². The average Bonchev–Trinajstić information content (AvgIpc) is 2.61. The van der Waals surface area contributed by atoms with Crippen LogP contribution in [0.4, 0.5) is 0 Å². The number of nitrogens with zero attached hydrogens (tertiary/aromatic N) is 1. The number of nitrogens with one attached hydrogen (secondary N) is 1. The van der Waals surface area contributed by atoms with Crippen LogP contribution in [0.25, 0.3) is 0 Å². The number of hydrazone groups is 1. The van der Waals surface area contributed by atoms with Gasteiger partial charge in [0, 0.05) is 10.0 Å². The summed E-state index contributed by atoms with van der Waals surface area (Å²) in [6, 6.07) is 13.8. The summed E-state index contributed by atoms with van der Waals surface area (Å²) >= 11 is 3.32. The molecule has 0 saturated heterocycles. The normalized spacial score (nSPS) is 10.4. The van der Waals surface area contributed by atoms with E-state index in [1.54, 1.807) is 42.5 Å². The van der Waals surface area contributed by atoms with Crippen molar-refractivity contribution in [1.29, 1.82) is 0 Å². The smallest absolute Gasteiger partial charge is 0.277 e.